The van der Waals surface area contributed by atoms with E-state index in [1.54, 1.807) is 0 Å². The Morgan fingerprint density at radius 1 is 1.26 bits per heavy atom. The summed E-state index contributed by atoms with van der Waals surface area (Å²) >= 11 is 0. The number of methoxy groups -OCH3 is 1. The number of nitrogens with one attached hydrogen (secondary N) is 2. The third-order valence-electron chi connectivity index (χ3n) is 3.54. The highest BCUT2D eigenvalue weighted by molar-refractivity contribution is 7.89. The number of hydrogen-bond donors (Lipinski definition) is 3. The Hall–Kier alpha value is -1.97. The molecular weight excluding hydrogens is 324 g/mol. The maximum absolute atomic E-state index is 12.0. The van der Waals surface area contributed by atoms with Crippen LogP contribution in [0.15, 0.2) is 29.2 Å². The second-order valence-corrected chi connectivity index (χ2v) is 7.02. The predicted octanol–water partition coefficient (Wildman–Crippen LogP) is -0.0417. The van der Waals surface area contributed by atoms with Crippen molar-refractivity contribution in [2.45, 2.75) is 23.3 Å². The summed E-state index contributed by atoms with van der Waals surface area (Å²) in [5.74, 6) is -1.60. The van der Waals surface area contributed by atoms with E-state index in [1.165, 1.54) is 31.4 Å². The van der Waals surface area contributed by atoms with Gasteiger partial charge in [-0.2, -0.15) is 0 Å². The van der Waals surface area contributed by atoms with Crippen molar-refractivity contribution in [3.05, 3.63) is 29.8 Å². The number of amides is 1. The third kappa shape index (κ3) is 4.06. The molecule has 0 aromatic heterocycles. The quantitative estimate of drug-likeness (QED) is 0.570. The summed E-state index contributed by atoms with van der Waals surface area (Å²) in [6.07, 6.45) is 0.786. The first-order valence-corrected chi connectivity index (χ1v) is 8.44. The van der Waals surface area contributed by atoms with Gasteiger partial charge in [0.2, 0.25) is 10.0 Å². The molecule has 1 aliphatic rings. The molecule has 0 spiro atoms. The number of ether oxygens (including phenoxy) is 1. The van der Waals surface area contributed by atoms with Crippen molar-refractivity contribution in [2.24, 2.45) is 0 Å². The molecular formula is C14H18N2O6S. The van der Waals surface area contributed by atoms with Gasteiger partial charge in [0, 0.05) is 19.2 Å². The number of benzene rings is 1. The molecule has 1 aliphatic carbocycles. The minimum Gasteiger partial charge on any atom is -0.480 e. The van der Waals surface area contributed by atoms with Gasteiger partial charge in [0.1, 0.15) is 5.54 Å². The molecule has 0 aliphatic heterocycles. The lowest BCUT2D eigenvalue weighted by Gasteiger charge is -2.12. The van der Waals surface area contributed by atoms with Crippen molar-refractivity contribution < 1.29 is 27.9 Å². The highest BCUT2D eigenvalue weighted by Gasteiger charge is 2.51. The highest BCUT2D eigenvalue weighted by atomic mass is 32.2. The standard InChI is InChI=1S/C14H18N2O6S/c1-22-9-8-15-23(20,21)11-4-2-10(3-5-11)12(17)16-14(6-7-14)13(18)19/h2-5,15H,6-9H2,1H3,(H,16,17)(H,18,19). The van der Waals surface area contributed by atoms with Crippen molar-refractivity contribution in [1.82, 2.24) is 10.0 Å². The Morgan fingerprint density at radius 3 is 2.35 bits per heavy atom. The van der Waals surface area contributed by atoms with Gasteiger partial charge in [-0.05, 0) is 37.1 Å². The van der Waals surface area contributed by atoms with E-state index in [9.17, 15) is 18.0 Å². The second kappa shape index (κ2) is 6.65. The molecule has 0 heterocycles. The molecule has 3 N–H and O–H groups in total. The van der Waals surface area contributed by atoms with Crippen LogP contribution < -0.4 is 10.0 Å². The van der Waals surface area contributed by atoms with E-state index in [0.29, 0.717) is 12.8 Å². The molecule has 1 aromatic carbocycles. The maximum Gasteiger partial charge on any atom is 0.329 e. The van der Waals surface area contributed by atoms with E-state index in [2.05, 4.69) is 10.0 Å². The van der Waals surface area contributed by atoms with Crippen LogP contribution in [0, 0.1) is 0 Å². The summed E-state index contributed by atoms with van der Waals surface area (Å²) in [5.41, 5.74) is -0.975. The number of carboxylic acids is 1. The minimum atomic E-state index is -3.67. The van der Waals surface area contributed by atoms with E-state index in [4.69, 9.17) is 9.84 Å². The van der Waals surface area contributed by atoms with Crippen LogP contribution in [0.2, 0.25) is 0 Å². The van der Waals surface area contributed by atoms with E-state index < -0.39 is 27.4 Å². The Morgan fingerprint density at radius 2 is 1.87 bits per heavy atom. The molecule has 0 saturated heterocycles. The van der Waals surface area contributed by atoms with Crippen LogP contribution in [0.1, 0.15) is 23.2 Å². The zero-order valence-corrected chi connectivity index (χ0v) is 13.4. The van der Waals surface area contributed by atoms with Crippen LogP contribution in [-0.2, 0) is 19.6 Å². The number of rotatable bonds is 8. The smallest absolute Gasteiger partial charge is 0.329 e. The Balaban J connectivity index is 2.04. The van der Waals surface area contributed by atoms with Gasteiger partial charge >= 0.3 is 5.97 Å². The summed E-state index contributed by atoms with van der Waals surface area (Å²) in [5, 5.41) is 11.5. The number of carbonyl (C=O) groups excluding carboxylic acids is 1. The van der Waals surface area contributed by atoms with Crippen molar-refractivity contribution in [2.75, 3.05) is 20.3 Å². The summed E-state index contributed by atoms with van der Waals surface area (Å²) in [6, 6.07) is 5.28. The lowest BCUT2D eigenvalue weighted by Crippen LogP contribution is -2.43. The van der Waals surface area contributed by atoms with Crippen LogP contribution >= 0.6 is 0 Å². The number of hydrogen-bond acceptors (Lipinski definition) is 5. The van der Waals surface area contributed by atoms with Crippen LogP contribution in [0.5, 0.6) is 0 Å². The maximum atomic E-state index is 12.0. The third-order valence-corrected chi connectivity index (χ3v) is 5.01. The van der Waals surface area contributed by atoms with Gasteiger partial charge in [-0.15, -0.1) is 0 Å². The normalized spacial score (nSPS) is 15.9. The second-order valence-electron chi connectivity index (χ2n) is 5.26. The molecule has 23 heavy (non-hydrogen) atoms. The molecule has 0 unspecified atom stereocenters. The Bertz CT molecular complexity index is 694. The van der Waals surface area contributed by atoms with Crippen LogP contribution in [0.4, 0.5) is 0 Å². The summed E-state index contributed by atoms with van der Waals surface area (Å²) in [7, 11) is -2.20. The molecule has 1 saturated carbocycles. The lowest BCUT2D eigenvalue weighted by atomic mass is 10.2. The molecule has 8 nitrogen and oxygen atoms in total. The van der Waals surface area contributed by atoms with E-state index in [-0.39, 0.29) is 23.6 Å². The van der Waals surface area contributed by atoms with Crippen molar-refractivity contribution in [3.63, 3.8) is 0 Å². The average Bonchev–Trinajstić information content (AvgIpc) is 3.28. The zero-order chi connectivity index (χ0) is 17.1. The van der Waals surface area contributed by atoms with Crippen LogP contribution in [0.3, 0.4) is 0 Å². The first-order chi connectivity index (χ1) is 10.8. The van der Waals surface area contributed by atoms with Gasteiger partial charge in [-0.25, -0.2) is 17.9 Å². The van der Waals surface area contributed by atoms with E-state index >= 15 is 0 Å². The first-order valence-electron chi connectivity index (χ1n) is 6.95. The number of sulfonamides is 1. The fourth-order valence-corrected chi connectivity index (χ4v) is 2.97. The molecule has 0 radical (unpaired) electrons. The molecule has 126 valence electrons. The van der Waals surface area contributed by atoms with E-state index in [1.807, 2.05) is 0 Å². The molecule has 2 rings (SSSR count). The van der Waals surface area contributed by atoms with Crippen LogP contribution in [-0.4, -0.2) is 51.2 Å². The monoisotopic (exact) mass is 342 g/mol. The highest BCUT2D eigenvalue weighted by Crippen LogP contribution is 2.35. The van der Waals surface area contributed by atoms with Crippen LogP contribution in [0.25, 0.3) is 0 Å². The van der Waals surface area contributed by atoms with Gasteiger partial charge in [0.25, 0.3) is 5.91 Å². The average molecular weight is 342 g/mol. The van der Waals surface area contributed by atoms with E-state index in [0.717, 1.165) is 0 Å². The van der Waals surface area contributed by atoms with Gasteiger partial charge in [0.15, 0.2) is 0 Å². The molecule has 0 atom stereocenters. The molecule has 1 fully saturated rings. The predicted molar refractivity (Wildman–Crippen MR) is 80.6 cm³/mol. The number of carboxylic acid groups (broad SMARTS) is 1. The Labute approximate surface area is 133 Å². The van der Waals surface area contributed by atoms with Crippen molar-refractivity contribution >= 4 is 21.9 Å². The molecule has 1 amide bonds. The van der Waals surface area contributed by atoms with Crippen molar-refractivity contribution in [1.29, 1.82) is 0 Å². The first kappa shape index (κ1) is 17.4. The molecule has 1 aromatic rings. The summed E-state index contributed by atoms with van der Waals surface area (Å²) < 4.78 is 31.1. The van der Waals surface area contributed by atoms with Gasteiger partial charge in [-0.1, -0.05) is 0 Å². The minimum absolute atomic E-state index is 0.0181. The van der Waals surface area contributed by atoms with Gasteiger partial charge in [0.05, 0.1) is 11.5 Å². The fourth-order valence-electron chi connectivity index (χ4n) is 1.95. The lowest BCUT2D eigenvalue weighted by molar-refractivity contribution is -0.140. The summed E-state index contributed by atoms with van der Waals surface area (Å²) in [6.45, 7) is 0.388. The Kier molecular flexibility index (Phi) is 5.03. The van der Waals surface area contributed by atoms with Gasteiger partial charge < -0.3 is 15.2 Å². The van der Waals surface area contributed by atoms with Crippen molar-refractivity contribution in [3.8, 4) is 0 Å². The fraction of sp³-hybridized carbons (Fsp3) is 0.429. The largest absolute Gasteiger partial charge is 0.480 e. The topological polar surface area (TPSA) is 122 Å². The van der Waals surface area contributed by atoms with Gasteiger partial charge in [-0.3, -0.25) is 4.79 Å². The molecule has 9 heteroatoms. The molecule has 0 bridgehead atoms. The number of aliphatic carboxylic acids is 1. The number of carbonyl (C=O) groups is 2. The summed E-state index contributed by atoms with van der Waals surface area (Å²) in [4.78, 5) is 23.1. The zero-order valence-electron chi connectivity index (χ0n) is 12.5. The SMILES string of the molecule is COCCNS(=O)(=O)c1ccc(C(=O)NC2(C(=O)O)CC2)cc1.